The molecule has 0 unspecified atom stereocenters. The van der Waals surface area contributed by atoms with Crippen LogP contribution >= 0.6 is 11.6 Å². The second-order valence-corrected chi connectivity index (χ2v) is 2.94. The molecule has 0 saturated heterocycles. The first-order valence-corrected chi connectivity index (χ1v) is 3.80. The molecule has 0 aromatic carbocycles. The van der Waals surface area contributed by atoms with Crippen molar-refractivity contribution in [3.05, 3.63) is 24.0 Å². The van der Waals surface area contributed by atoms with E-state index >= 15 is 0 Å². The molecule has 64 valence electrons. The summed E-state index contributed by atoms with van der Waals surface area (Å²) >= 11 is 5.30. The molecular weight excluding hydrogens is 176 g/mol. The number of nitrogens with zero attached hydrogens (tertiary/aromatic N) is 2. The highest BCUT2D eigenvalue weighted by Crippen LogP contribution is 2.12. The second-order valence-electron chi connectivity index (χ2n) is 2.59. The summed E-state index contributed by atoms with van der Waals surface area (Å²) in [6.07, 6.45) is 0. The summed E-state index contributed by atoms with van der Waals surface area (Å²) in [5, 5.41) is 3.54. The van der Waals surface area contributed by atoms with Gasteiger partial charge in [0.15, 0.2) is 0 Å². The van der Waals surface area contributed by atoms with Crippen molar-refractivity contribution in [1.82, 2.24) is 9.78 Å². The van der Waals surface area contributed by atoms with Crippen LogP contribution in [-0.4, -0.2) is 15.0 Å². The van der Waals surface area contributed by atoms with E-state index in [0.29, 0.717) is 11.4 Å². The number of carbonyl (C=O) groups excluding carboxylic acids is 1. The first-order chi connectivity index (χ1) is 5.52. The van der Waals surface area contributed by atoms with Crippen LogP contribution in [0, 0.1) is 0 Å². The fourth-order valence-electron chi connectivity index (χ4n) is 0.860. The highest BCUT2D eigenvalue weighted by atomic mass is 35.5. The lowest BCUT2D eigenvalue weighted by Gasteiger charge is -1.91. The molecule has 1 aromatic heterocycles. The molecule has 0 radical (unpaired) electrons. The number of allylic oxidation sites excluding steroid dienone is 1. The fourth-order valence-corrected chi connectivity index (χ4v) is 1.04. The summed E-state index contributed by atoms with van der Waals surface area (Å²) in [6.45, 7) is 5.53. The molecule has 0 amide bonds. The number of aryl methyl sites for hydroxylation is 1. The molecule has 0 aliphatic rings. The van der Waals surface area contributed by atoms with Gasteiger partial charge in [0.2, 0.25) is 0 Å². The quantitative estimate of drug-likeness (QED) is 0.658. The van der Waals surface area contributed by atoms with E-state index in [0.717, 1.165) is 5.57 Å². The molecule has 3 nitrogen and oxygen atoms in total. The van der Waals surface area contributed by atoms with Crippen LogP contribution in [0.4, 0.5) is 0 Å². The van der Waals surface area contributed by atoms with Crippen molar-refractivity contribution in [3.8, 4) is 0 Å². The Bertz CT molecular complexity index is 341. The van der Waals surface area contributed by atoms with Crippen LogP contribution < -0.4 is 0 Å². The van der Waals surface area contributed by atoms with E-state index in [4.69, 9.17) is 11.6 Å². The van der Waals surface area contributed by atoms with Crippen molar-refractivity contribution >= 4 is 22.4 Å². The van der Waals surface area contributed by atoms with E-state index in [9.17, 15) is 4.79 Å². The van der Waals surface area contributed by atoms with Crippen LogP contribution in [0.5, 0.6) is 0 Å². The topological polar surface area (TPSA) is 34.9 Å². The van der Waals surface area contributed by atoms with Crippen molar-refractivity contribution in [3.63, 3.8) is 0 Å². The van der Waals surface area contributed by atoms with Gasteiger partial charge in [0.25, 0.3) is 5.24 Å². The van der Waals surface area contributed by atoms with Gasteiger partial charge in [-0.1, -0.05) is 6.58 Å². The van der Waals surface area contributed by atoms with Gasteiger partial charge in [-0.15, -0.1) is 0 Å². The molecule has 0 N–H and O–H groups in total. The Kier molecular flexibility index (Phi) is 2.33. The Morgan fingerprint density at radius 2 is 2.33 bits per heavy atom. The van der Waals surface area contributed by atoms with Gasteiger partial charge >= 0.3 is 0 Å². The average molecular weight is 185 g/mol. The fraction of sp³-hybridized carbons (Fsp3) is 0.250. The van der Waals surface area contributed by atoms with Crippen molar-refractivity contribution in [1.29, 1.82) is 0 Å². The molecule has 0 bridgehead atoms. The number of halogens is 1. The molecule has 0 aliphatic heterocycles. The maximum absolute atomic E-state index is 10.8. The van der Waals surface area contributed by atoms with E-state index in [1.165, 1.54) is 4.68 Å². The largest absolute Gasteiger partial charge is 0.274 e. The number of hydrogen-bond acceptors (Lipinski definition) is 2. The molecule has 0 aliphatic carbocycles. The molecular formula is C8H9ClN2O. The maximum atomic E-state index is 10.8. The Morgan fingerprint density at radius 1 is 1.75 bits per heavy atom. The van der Waals surface area contributed by atoms with E-state index < -0.39 is 5.24 Å². The Hall–Kier alpha value is -1.09. The zero-order valence-corrected chi connectivity index (χ0v) is 7.72. The third kappa shape index (κ3) is 1.56. The number of carbonyl (C=O) groups is 1. The lowest BCUT2D eigenvalue weighted by molar-refractivity contribution is 0.107. The highest BCUT2D eigenvalue weighted by molar-refractivity contribution is 6.67. The monoisotopic (exact) mass is 184 g/mol. The standard InChI is InChI=1S/C8H9ClN2O/c1-5(2)6-4-7(8(9)12)11(3)10-6/h4H,1H2,2-3H3. The van der Waals surface area contributed by atoms with Gasteiger partial charge in [-0.25, -0.2) is 0 Å². The first kappa shape index (κ1) is 9.00. The van der Waals surface area contributed by atoms with E-state index in [2.05, 4.69) is 11.7 Å². The van der Waals surface area contributed by atoms with Crippen LogP contribution in [0.15, 0.2) is 12.6 Å². The lowest BCUT2D eigenvalue weighted by Crippen LogP contribution is -2.00. The molecule has 0 atom stereocenters. The molecule has 1 aromatic rings. The van der Waals surface area contributed by atoms with Gasteiger partial charge in [-0.3, -0.25) is 9.48 Å². The summed E-state index contributed by atoms with van der Waals surface area (Å²) in [5.74, 6) is 0. The lowest BCUT2D eigenvalue weighted by atomic mass is 10.2. The minimum Gasteiger partial charge on any atom is -0.274 e. The maximum Gasteiger partial charge on any atom is 0.270 e. The van der Waals surface area contributed by atoms with Crippen molar-refractivity contribution in [2.45, 2.75) is 6.92 Å². The van der Waals surface area contributed by atoms with Gasteiger partial charge < -0.3 is 0 Å². The zero-order chi connectivity index (χ0) is 9.30. The van der Waals surface area contributed by atoms with Crippen LogP contribution in [-0.2, 0) is 7.05 Å². The van der Waals surface area contributed by atoms with Crippen molar-refractivity contribution < 1.29 is 4.79 Å². The molecule has 0 saturated carbocycles. The average Bonchev–Trinajstić information content (AvgIpc) is 2.30. The van der Waals surface area contributed by atoms with Crippen LogP contribution in [0.1, 0.15) is 23.1 Å². The molecule has 4 heteroatoms. The van der Waals surface area contributed by atoms with Gasteiger partial charge in [0, 0.05) is 7.05 Å². The molecule has 1 rings (SSSR count). The summed E-state index contributed by atoms with van der Waals surface area (Å²) in [4.78, 5) is 10.8. The summed E-state index contributed by atoms with van der Waals surface area (Å²) in [5.41, 5.74) is 1.89. The molecule has 12 heavy (non-hydrogen) atoms. The van der Waals surface area contributed by atoms with Gasteiger partial charge in [0.1, 0.15) is 5.69 Å². The minimum atomic E-state index is -0.502. The Morgan fingerprint density at radius 3 is 2.58 bits per heavy atom. The third-order valence-electron chi connectivity index (χ3n) is 1.52. The normalized spacial score (nSPS) is 9.92. The predicted octanol–water partition coefficient (Wildman–Crippen LogP) is 1.83. The summed E-state index contributed by atoms with van der Waals surface area (Å²) in [6, 6.07) is 1.62. The SMILES string of the molecule is C=C(C)c1cc(C(=O)Cl)n(C)n1. The van der Waals surface area contributed by atoms with E-state index in [1.807, 2.05) is 6.92 Å². The zero-order valence-electron chi connectivity index (χ0n) is 6.97. The van der Waals surface area contributed by atoms with Crippen LogP contribution in [0.25, 0.3) is 5.57 Å². The third-order valence-corrected chi connectivity index (χ3v) is 1.71. The van der Waals surface area contributed by atoms with Gasteiger partial charge in [-0.2, -0.15) is 5.10 Å². The molecule has 1 heterocycles. The first-order valence-electron chi connectivity index (χ1n) is 3.42. The smallest absolute Gasteiger partial charge is 0.270 e. The summed E-state index contributed by atoms with van der Waals surface area (Å²) in [7, 11) is 1.67. The Labute approximate surface area is 75.6 Å². The second kappa shape index (κ2) is 3.11. The number of aromatic nitrogens is 2. The van der Waals surface area contributed by atoms with Gasteiger partial charge in [-0.05, 0) is 30.2 Å². The number of hydrogen-bond donors (Lipinski definition) is 0. The Balaban J connectivity index is 3.17. The van der Waals surface area contributed by atoms with Crippen molar-refractivity contribution in [2.24, 2.45) is 7.05 Å². The molecule has 0 spiro atoms. The van der Waals surface area contributed by atoms with Crippen LogP contribution in [0.2, 0.25) is 0 Å². The highest BCUT2D eigenvalue weighted by Gasteiger charge is 2.10. The van der Waals surface area contributed by atoms with E-state index in [1.54, 1.807) is 13.1 Å². The van der Waals surface area contributed by atoms with Crippen molar-refractivity contribution in [2.75, 3.05) is 0 Å². The van der Waals surface area contributed by atoms with Gasteiger partial charge in [0.05, 0.1) is 5.69 Å². The van der Waals surface area contributed by atoms with E-state index in [-0.39, 0.29) is 0 Å². The van der Waals surface area contributed by atoms with Crippen LogP contribution in [0.3, 0.4) is 0 Å². The number of rotatable bonds is 2. The molecule has 0 fully saturated rings. The summed E-state index contributed by atoms with van der Waals surface area (Å²) < 4.78 is 1.44. The predicted molar refractivity (Wildman–Crippen MR) is 48.1 cm³/mol. The minimum absolute atomic E-state index is 0.384.